The van der Waals surface area contributed by atoms with Gasteiger partial charge in [-0.25, -0.2) is 4.98 Å². The molecule has 0 amide bonds. The van der Waals surface area contributed by atoms with Crippen LogP contribution in [0.5, 0.6) is 0 Å². The Morgan fingerprint density at radius 3 is 2.80 bits per heavy atom. The van der Waals surface area contributed by atoms with Gasteiger partial charge < -0.3 is 16.5 Å². The van der Waals surface area contributed by atoms with Gasteiger partial charge in [-0.2, -0.15) is 0 Å². The molecule has 1 aromatic carbocycles. The van der Waals surface area contributed by atoms with E-state index in [-0.39, 0.29) is 0 Å². The zero-order valence-electron chi connectivity index (χ0n) is 8.00. The third-order valence-corrected chi connectivity index (χ3v) is 2.54. The maximum absolute atomic E-state index is 5.96. The second kappa shape index (κ2) is 3.92. The summed E-state index contributed by atoms with van der Waals surface area (Å²) in [5.41, 5.74) is 13.8. The average molecular weight is 223 g/mol. The number of nitrogens with zero attached hydrogens (tertiary/aromatic N) is 1. The number of imidazole rings is 1. The number of aromatic amines is 1. The molecule has 0 aliphatic carbocycles. The number of nitrogens with two attached hydrogens (primary N) is 2. The van der Waals surface area contributed by atoms with Crippen molar-refractivity contribution in [3.05, 3.63) is 35.0 Å². The maximum Gasteiger partial charge on any atom is 0.197 e. The molecular weight excluding hydrogens is 212 g/mol. The topological polar surface area (TPSA) is 80.7 Å². The van der Waals surface area contributed by atoms with Crippen LogP contribution in [-0.4, -0.2) is 9.97 Å². The first-order valence-electron chi connectivity index (χ1n) is 4.50. The summed E-state index contributed by atoms with van der Waals surface area (Å²) >= 11 is 5.96. The lowest BCUT2D eigenvalue weighted by atomic mass is 10.1. The largest absolute Gasteiger partial charge is 0.369 e. The summed E-state index contributed by atoms with van der Waals surface area (Å²) in [6, 6.07) is 5.64. The van der Waals surface area contributed by atoms with Crippen LogP contribution in [0.3, 0.4) is 0 Å². The molecule has 0 spiro atoms. The quantitative estimate of drug-likeness (QED) is 0.725. The molecule has 5 heteroatoms. The monoisotopic (exact) mass is 222 g/mol. The van der Waals surface area contributed by atoms with Crippen LogP contribution >= 0.6 is 11.6 Å². The molecule has 0 saturated heterocycles. The van der Waals surface area contributed by atoms with E-state index in [1.807, 2.05) is 18.2 Å². The summed E-state index contributed by atoms with van der Waals surface area (Å²) in [5, 5.41) is 0.675. The number of hydrogen-bond donors (Lipinski definition) is 3. The Labute approximate surface area is 92.3 Å². The summed E-state index contributed by atoms with van der Waals surface area (Å²) in [5.74, 6) is 0.397. The van der Waals surface area contributed by atoms with Gasteiger partial charge in [0.2, 0.25) is 0 Å². The van der Waals surface area contributed by atoms with E-state index in [2.05, 4.69) is 9.97 Å². The predicted octanol–water partition coefficient (Wildman–Crippen LogP) is 1.77. The van der Waals surface area contributed by atoms with E-state index in [1.54, 1.807) is 6.20 Å². The Bertz CT molecular complexity index is 478. The Morgan fingerprint density at radius 2 is 2.20 bits per heavy atom. The van der Waals surface area contributed by atoms with Crippen molar-refractivity contribution < 1.29 is 0 Å². The van der Waals surface area contributed by atoms with Crippen molar-refractivity contribution in [3.8, 4) is 11.3 Å². The first-order chi connectivity index (χ1) is 7.20. The zero-order valence-corrected chi connectivity index (χ0v) is 8.75. The zero-order chi connectivity index (χ0) is 10.8. The van der Waals surface area contributed by atoms with Crippen molar-refractivity contribution in [1.29, 1.82) is 0 Å². The Morgan fingerprint density at radius 1 is 1.40 bits per heavy atom. The van der Waals surface area contributed by atoms with E-state index < -0.39 is 0 Å². The van der Waals surface area contributed by atoms with Gasteiger partial charge in [-0.1, -0.05) is 17.7 Å². The number of aromatic nitrogens is 2. The molecule has 1 heterocycles. The number of halogens is 1. The Hall–Kier alpha value is -1.52. The fraction of sp³-hybridized carbons (Fsp3) is 0.100. The molecule has 4 nitrogen and oxygen atoms in total. The fourth-order valence-electron chi connectivity index (χ4n) is 1.38. The number of benzene rings is 1. The third-order valence-electron chi connectivity index (χ3n) is 2.17. The molecule has 0 fully saturated rings. The lowest BCUT2D eigenvalue weighted by Gasteiger charge is -2.03. The summed E-state index contributed by atoms with van der Waals surface area (Å²) in [6.45, 7) is 0.413. The van der Waals surface area contributed by atoms with E-state index >= 15 is 0 Å². The van der Waals surface area contributed by atoms with Gasteiger partial charge in [0.1, 0.15) is 0 Å². The SMILES string of the molecule is NCc1cc(-c2cnc(N)[nH]2)ccc1Cl. The van der Waals surface area contributed by atoms with Crippen molar-refractivity contribution in [3.63, 3.8) is 0 Å². The standard InChI is InChI=1S/C10H11ClN4/c11-8-2-1-6(3-7(8)4-12)9-5-14-10(13)15-9/h1-3,5H,4,12H2,(H3,13,14,15). The highest BCUT2D eigenvalue weighted by Gasteiger charge is 2.04. The lowest BCUT2D eigenvalue weighted by molar-refractivity contribution is 1.07. The first kappa shape index (κ1) is 10.0. The number of nitrogens with one attached hydrogen (secondary N) is 1. The van der Waals surface area contributed by atoms with Crippen LogP contribution in [0.2, 0.25) is 5.02 Å². The molecule has 15 heavy (non-hydrogen) atoms. The van der Waals surface area contributed by atoms with Gasteiger partial charge in [-0.05, 0) is 17.7 Å². The Balaban J connectivity index is 2.45. The molecule has 2 rings (SSSR count). The molecule has 2 aromatic rings. The molecule has 5 N–H and O–H groups in total. The number of H-pyrrole nitrogens is 1. The molecule has 0 aliphatic heterocycles. The van der Waals surface area contributed by atoms with Gasteiger partial charge in [0.15, 0.2) is 5.95 Å². The minimum atomic E-state index is 0.397. The molecule has 1 aromatic heterocycles. The third kappa shape index (κ3) is 1.95. The second-order valence-corrected chi connectivity index (χ2v) is 3.60. The van der Waals surface area contributed by atoms with Crippen molar-refractivity contribution in [2.24, 2.45) is 5.73 Å². The van der Waals surface area contributed by atoms with Gasteiger partial charge in [-0.15, -0.1) is 0 Å². The van der Waals surface area contributed by atoms with Crippen LogP contribution in [0.1, 0.15) is 5.56 Å². The van der Waals surface area contributed by atoms with Crippen LogP contribution in [0.25, 0.3) is 11.3 Å². The van der Waals surface area contributed by atoms with Gasteiger partial charge in [0.05, 0.1) is 11.9 Å². The van der Waals surface area contributed by atoms with Crippen molar-refractivity contribution >= 4 is 17.5 Å². The second-order valence-electron chi connectivity index (χ2n) is 3.19. The number of anilines is 1. The van der Waals surface area contributed by atoms with Crippen LogP contribution in [0, 0.1) is 0 Å². The van der Waals surface area contributed by atoms with Gasteiger partial charge in [0.25, 0.3) is 0 Å². The van der Waals surface area contributed by atoms with Crippen LogP contribution in [0.4, 0.5) is 5.95 Å². The van der Waals surface area contributed by atoms with E-state index in [9.17, 15) is 0 Å². The van der Waals surface area contributed by atoms with Gasteiger partial charge in [-0.3, -0.25) is 0 Å². The lowest BCUT2D eigenvalue weighted by Crippen LogP contribution is -1.97. The minimum absolute atomic E-state index is 0.397. The molecular formula is C10H11ClN4. The van der Waals surface area contributed by atoms with E-state index in [4.69, 9.17) is 23.1 Å². The molecule has 0 unspecified atom stereocenters. The maximum atomic E-state index is 5.96. The molecule has 0 bridgehead atoms. The number of nitrogen functional groups attached to an aromatic ring is 1. The van der Waals surface area contributed by atoms with Crippen molar-refractivity contribution in [2.75, 3.05) is 5.73 Å². The van der Waals surface area contributed by atoms with Crippen molar-refractivity contribution in [1.82, 2.24) is 9.97 Å². The van der Waals surface area contributed by atoms with E-state index in [0.29, 0.717) is 17.5 Å². The molecule has 0 atom stereocenters. The minimum Gasteiger partial charge on any atom is -0.369 e. The summed E-state index contributed by atoms with van der Waals surface area (Å²) < 4.78 is 0. The van der Waals surface area contributed by atoms with E-state index in [1.165, 1.54) is 0 Å². The summed E-state index contributed by atoms with van der Waals surface area (Å²) in [6.07, 6.45) is 1.68. The summed E-state index contributed by atoms with van der Waals surface area (Å²) in [7, 11) is 0. The van der Waals surface area contributed by atoms with Crippen molar-refractivity contribution in [2.45, 2.75) is 6.54 Å². The molecule has 0 saturated carbocycles. The Kier molecular flexibility index (Phi) is 2.62. The number of hydrogen-bond acceptors (Lipinski definition) is 3. The van der Waals surface area contributed by atoms with Gasteiger partial charge in [0, 0.05) is 17.1 Å². The normalized spacial score (nSPS) is 10.5. The highest BCUT2D eigenvalue weighted by molar-refractivity contribution is 6.31. The van der Waals surface area contributed by atoms with E-state index in [0.717, 1.165) is 16.8 Å². The van der Waals surface area contributed by atoms with Crippen LogP contribution in [-0.2, 0) is 6.54 Å². The average Bonchev–Trinajstić information content (AvgIpc) is 2.66. The highest BCUT2D eigenvalue weighted by atomic mass is 35.5. The first-order valence-corrected chi connectivity index (χ1v) is 4.88. The highest BCUT2D eigenvalue weighted by Crippen LogP contribution is 2.23. The molecule has 0 radical (unpaired) electrons. The molecule has 0 aliphatic rings. The van der Waals surface area contributed by atoms with Gasteiger partial charge >= 0.3 is 0 Å². The van der Waals surface area contributed by atoms with Crippen LogP contribution in [0.15, 0.2) is 24.4 Å². The predicted molar refractivity (Wildman–Crippen MR) is 61.3 cm³/mol. The smallest absolute Gasteiger partial charge is 0.197 e. The summed E-state index contributed by atoms with van der Waals surface area (Å²) in [4.78, 5) is 6.87. The van der Waals surface area contributed by atoms with Crippen LogP contribution < -0.4 is 11.5 Å². The molecule has 78 valence electrons. The number of rotatable bonds is 2. The fourth-order valence-corrected chi connectivity index (χ4v) is 1.58.